The normalized spacial score (nSPS) is 10.3. The smallest absolute Gasteiger partial charge is 0.265 e. The van der Waals surface area contributed by atoms with Crippen molar-refractivity contribution in [2.45, 2.75) is 6.54 Å². The highest BCUT2D eigenvalue weighted by molar-refractivity contribution is 7.12. The maximum atomic E-state index is 12.1. The van der Waals surface area contributed by atoms with Gasteiger partial charge in [-0.25, -0.2) is 0 Å². The van der Waals surface area contributed by atoms with Crippen LogP contribution in [0.15, 0.2) is 64.6 Å². The van der Waals surface area contributed by atoms with Gasteiger partial charge in [-0.2, -0.15) is 0 Å². The van der Waals surface area contributed by atoms with E-state index in [9.17, 15) is 9.59 Å². The van der Waals surface area contributed by atoms with Gasteiger partial charge in [-0.1, -0.05) is 12.1 Å². The average Bonchev–Trinajstić information content (AvgIpc) is 3.26. The number of nitrogens with one attached hydrogen (secondary N) is 2. The Kier molecular flexibility index (Phi) is 4.54. The van der Waals surface area contributed by atoms with Gasteiger partial charge in [-0.3, -0.25) is 9.59 Å². The monoisotopic (exact) mass is 326 g/mol. The SMILES string of the molecule is O=C(NCc1ccco1)c1cccc(NC(=O)c2cccs2)c1. The lowest BCUT2D eigenvalue weighted by atomic mass is 10.2. The zero-order chi connectivity index (χ0) is 16.1. The molecule has 2 aromatic heterocycles. The molecule has 0 aliphatic rings. The van der Waals surface area contributed by atoms with E-state index < -0.39 is 0 Å². The second kappa shape index (κ2) is 6.93. The minimum atomic E-state index is -0.228. The van der Waals surface area contributed by atoms with E-state index in [4.69, 9.17) is 4.42 Å². The number of rotatable bonds is 5. The quantitative estimate of drug-likeness (QED) is 0.753. The Morgan fingerprint density at radius 1 is 1.04 bits per heavy atom. The predicted octanol–water partition coefficient (Wildman–Crippen LogP) is 3.52. The molecule has 0 unspecified atom stereocenters. The van der Waals surface area contributed by atoms with Crippen LogP contribution in [0.1, 0.15) is 25.8 Å². The molecular weight excluding hydrogens is 312 g/mol. The molecule has 6 heteroatoms. The second-order valence-corrected chi connectivity index (χ2v) is 5.72. The number of carbonyl (C=O) groups is 2. The van der Waals surface area contributed by atoms with Gasteiger partial charge in [0, 0.05) is 11.3 Å². The third kappa shape index (κ3) is 3.87. The molecule has 0 aliphatic carbocycles. The first-order valence-electron chi connectivity index (χ1n) is 6.98. The summed E-state index contributed by atoms with van der Waals surface area (Å²) in [6.45, 7) is 0.317. The van der Waals surface area contributed by atoms with E-state index in [1.165, 1.54) is 11.3 Å². The molecule has 0 radical (unpaired) electrons. The first-order chi connectivity index (χ1) is 11.2. The summed E-state index contributed by atoms with van der Waals surface area (Å²) >= 11 is 1.37. The van der Waals surface area contributed by atoms with Crippen molar-refractivity contribution >= 4 is 28.8 Å². The third-order valence-corrected chi connectivity index (χ3v) is 4.00. The highest BCUT2D eigenvalue weighted by Crippen LogP contribution is 2.15. The topological polar surface area (TPSA) is 71.3 Å². The van der Waals surface area contributed by atoms with Crippen LogP contribution in [0.2, 0.25) is 0 Å². The van der Waals surface area contributed by atoms with Gasteiger partial charge in [-0.05, 0) is 41.8 Å². The Balaban J connectivity index is 1.64. The number of anilines is 1. The summed E-state index contributed by atoms with van der Waals surface area (Å²) < 4.78 is 5.17. The molecule has 3 aromatic rings. The lowest BCUT2D eigenvalue weighted by Crippen LogP contribution is -2.22. The average molecular weight is 326 g/mol. The Hall–Kier alpha value is -2.86. The molecule has 116 valence electrons. The van der Waals surface area contributed by atoms with Crippen LogP contribution in [-0.2, 0) is 6.54 Å². The Morgan fingerprint density at radius 2 is 1.96 bits per heavy atom. The van der Waals surface area contributed by atoms with Crippen molar-refractivity contribution in [2.24, 2.45) is 0 Å². The van der Waals surface area contributed by atoms with Gasteiger partial charge in [0.15, 0.2) is 0 Å². The van der Waals surface area contributed by atoms with Crippen LogP contribution < -0.4 is 10.6 Å². The van der Waals surface area contributed by atoms with Crippen molar-refractivity contribution in [1.82, 2.24) is 5.32 Å². The summed E-state index contributed by atoms with van der Waals surface area (Å²) in [5.41, 5.74) is 1.05. The molecule has 2 amide bonds. The van der Waals surface area contributed by atoms with E-state index >= 15 is 0 Å². The molecule has 5 nitrogen and oxygen atoms in total. The van der Waals surface area contributed by atoms with Crippen LogP contribution in [0.3, 0.4) is 0 Å². The summed E-state index contributed by atoms with van der Waals surface area (Å²) in [7, 11) is 0. The van der Waals surface area contributed by atoms with Gasteiger partial charge < -0.3 is 15.1 Å². The van der Waals surface area contributed by atoms with Crippen molar-refractivity contribution in [2.75, 3.05) is 5.32 Å². The highest BCUT2D eigenvalue weighted by Gasteiger charge is 2.10. The minimum absolute atomic E-state index is 0.187. The molecule has 0 saturated carbocycles. The first-order valence-corrected chi connectivity index (χ1v) is 7.86. The molecule has 0 fully saturated rings. The van der Waals surface area contributed by atoms with Crippen LogP contribution in [0.4, 0.5) is 5.69 Å². The zero-order valence-corrected chi connectivity index (χ0v) is 12.9. The molecule has 23 heavy (non-hydrogen) atoms. The number of hydrogen-bond donors (Lipinski definition) is 2. The summed E-state index contributed by atoms with van der Waals surface area (Å²) in [6, 6.07) is 13.9. The fraction of sp³-hybridized carbons (Fsp3) is 0.0588. The standard InChI is InChI=1S/C17H14N2O3S/c20-16(18-11-14-6-2-8-22-14)12-4-1-5-13(10-12)19-17(21)15-7-3-9-23-15/h1-10H,11H2,(H,18,20)(H,19,21). The molecule has 0 bridgehead atoms. The number of furan rings is 1. The van der Waals surface area contributed by atoms with Crippen molar-refractivity contribution < 1.29 is 14.0 Å². The molecule has 0 saturated heterocycles. The van der Waals surface area contributed by atoms with Crippen LogP contribution in [0.5, 0.6) is 0 Å². The van der Waals surface area contributed by atoms with Gasteiger partial charge in [0.1, 0.15) is 5.76 Å². The molecule has 1 aromatic carbocycles. The molecule has 0 spiro atoms. The molecular formula is C17H14N2O3S. The maximum absolute atomic E-state index is 12.1. The van der Waals surface area contributed by atoms with Crippen molar-refractivity contribution in [3.8, 4) is 0 Å². The van der Waals surface area contributed by atoms with Crippen LogP contribution in [-0.4, -0.2) is 11.8 Å². The number of thiophene rings is 1. The van der Waals surface area contributed by atoms with Crippen LogP contribution in [0, 0.1) is 0 Å². The number of benzene rings is 1. The maximum Gasteiger partial charge on any atom is 0.265 e. The number of amides is 2. The second-order valence-electron chi connectivity index (χ2n) is 4.77. The van der Waals surface area contributed by atoms with Crippen LogP contribution in [0.25, 0.3) is 0 Å². The zero-order valence-electron chi connectivity index (χ0n) is 12.1. The van der Waals surface area contributed by atoms with Gasteiger partial charge in [0.2, 0.25) is 0 Å². The molecule has 0 aliphatic heterocycles. The molecule has 0 atom stereocenters. The first kappa shape index (κ1) is 15.1. The van der Waals surface area contributed by atoms with E-state index in [1.807, 2.05) is 11.4 Å². The Bertz CT molecular complexity index is 795. The van der Waals surface area contributed by atoms with E-state index in [2.05, 4.69) is 10.6 Å². The van der Waals surface area contributed by atoms with E-state index in [-0.39, 0.29) is 11.8 Å². The molecule has 2 heterocycles. The van der Waals surface area contributed by atoms with Gasteiger partial charge in [0.05, 0.1) is 17.7 Å². The Morgan fingerprint density at radius 3 is 2.70 bits per heavy atom. The summed E-state index contributed by atoms with van der Waals surface area (Å²) in [4.78, 5) is 24.8. The van der Waals surface area contributed by atoms with Gasteiger partial charge in [0.25, 0.3) is 11.8 Å². The third-order valence-electron chi connectivity index (χ3n) is 3.13. The number of hydrogen-bond acceptors (Lipinski definition) is 4. The van der Waals surface area contributed by atoms with Crippen LogP contribution >= 0.6 is 11.3 Å². The molecule has 2 N–H and O–H groups in total. The Labute approximate surface area is 136 Å². The summed E-state index contributed by atoms with van der Waals surface area (Å²) in [5.74, 6) is 0.266. The largest absolute Gasteiger partial charge is 0.467 e. The summed E-state index contributed by atoms with van der Waals surface area (Å²) in [5, 5.41) is 7.39. The predicted molar refractivity (Wildman–Crippen MR) is 88.6 cm³/mol. The van der Waals surface area contributed by atoms with Gasteiger partial charge >= 0.3 is 0 Å². The van der Waals surface area contributed by atoms with E-state index in [1.54, 1.807) is 48.7 Å². The number of carbonyl (C=O) groups excluding carboxylic acids is 2. The fourth-order valence-corrected chi connectivity index (χ4v) is 2.64. The van der Waals surface area contributed by atoms with Gasteiger partial charge in [-0.15, -0.1) is 11.3 Å². The van der Waals surface area contributed by atoms with Crippen molar-refractivity contribution in [3.05, 3.63) is 76.4 Å². The summed E-state index contributed by atoms with van der Waals surface area (Å²) in [6.07, 6.45) is 1.56. The van der Waals surface area contributed by atoms with Crippen molar-refractivity contribution in [1.29, 1.82) is 0 Å². The fourth-order valence-electron chi connectivity index (χ4n) is 2.02. The van der Waals surface area contributed by atoms with E-state index in [0.29, 0.717) is 28.4 Å². The highest BCUT2D eigenvalue weighted by atomic mass is 32.1. The lowest BCUT2D eigenvalue weighted by molar-refractivity contribution is 0.0947. The lowest BCUT2D eigenvalue weighted by Gasteiger charge is -2.07. The molecule has 3 rings (SSSR count). The minimum Gasteiger partial charge on any atom is -0.467 e. The van der Waals surface area contributed by atoms with Crippen molar-refractivity contribution in [3.63, 3.8) is 0 Å². The van der Waals surface area contributed by atoms with E-state index in [0.717, 1.165) is 0 Å².